The number of nitrogens with one attached hydrogen (secondary N) is 1. The Balaban J connectivity index is 1.86. The van der Waals surface area contributed by atoms with E-state index < -0.39 is 11.8 Å². The number of likely N-dealkylation sites (tertiary alicyclic amines) is 1. The van der Waals surface area contributed by atoms with Crippen molar-refractivity contribution in [2.24, 2.45) is 0 Å². The highest BCUT2D eigenvalue weighted by molar-refractivity contribution is 5.89. The fourth-order valence-corrected chi connectivity index (χ4v) is 2.87. The Labute approximate surface area is 125 Å². The number of nitrogens with zero attached hydrogens (tertiary/aromatic N) is 1. The molecule has 1 unspecified atom stereocenters. The quantitative estimate of drug-likeness (QED) is 0.817. The van der Waals surface area contributed by atoms with Gasteiger partial charge in [-0.3, -0.25) is 4.90 Å². The van der Waals surface area contributed by atoms with Crippen molar-refractivity contribution in [3.63, 3.8) is 0 Å². The van der Waals surface area contributed by atoms with Crippen molar-refractivity contribution in [3.05, 3.63) is 35.1 Å². The predicted octanol–water partition coefficient (Wildman–Crippen LogP) is 2.19. The highest BCUT2D eigenvalue weighted by Gasteiger charge is 2.22. The van der Waals surface area contributed by atoms with Gasteiger partial charge in [0.25, 0.3) is 0 Å². The van der Waals surface area contributed by atoms with Gasteiger partial charge in [0.2, 0.25) is 0 Å². The van der Waals surface area contributed by atoms with Crippen LogP contribution in [0.3, 0.4) is 0 Å². The number of ether oxygens (including phenoxy) is 1. The summed E-state index contributed by atoms with van der Waals surface area (Å²) < 4.78 is 18.3. The van der Waals surface area contributed by atoms with Crippen molar-refractivity contribution in [3.8, 4) is 0 Å². The third-order valence-corrected chi connectivity index (χ3v) is 4.05. The molecular formula is C16H23FN2O2. The second kappa shape index (κ2) is 7.52. The van der Waals surface area contributed by atoms with Crippen molar-refractivity contribution in [2.75, 3.05) is 26.7 Å². The Hall–Kier alpha value is -1.46. The monoisotopic (exact) mass is 294 g/mol. The van der Waals surface area contributed by atoms with E-state index in [0.717, 1.165) is 18.7 Å². The highest BCUT2D eigenvalue weighted by atomic mass is 19.1. The Morgan fingerprint density at radius 2 is 2.33 bits per heavy atom. The molecule has 1 N–H and O–H groups in total. The molecule has 116 valence electrons. The number of likely N-dealkylation sites (N-methyl/N-ethyl adjacent to an activating group) is 1. The van der Waals surface area contributed by atoms with Gasteiger partial charge in [0.15, 0.2) is 0 Å². The minimum Gasteiger partial charge on any atom is -0.465 e. The molecule has 21 heavy (non-hydrogen) atoms. The molecule has 1 atom stereocenters. The van der Waals surface area contributed by atoms with Crippen LogP contribution in [0.2, 0.25) is 0 Å². The topological polar surface area (TPSA) is 41.6 Å². The molecule has 0 spiro atoms. The average molecular weight is 294 g/mol. The third-order valence-electron chi connectivity index (χ3n) is 4.05. The van der Waals surface area contributed by atoms with Crippen LogP contribution in [0.15, 0.2) is 18.2 Å². The fraction of sp³-hybridized carbons (Fsp3) is 0.562. The largest absolute Gasteiger partial charge is 0.465 e. The first-order valence-electron chi connectivity index (χ1n) is 7.47. The van der Waals surface area contributed by atoms with Crippen LogP contribution in [0.25, 0.3) is 0 Å². The van der Waals surface area contributed by atoms with Gasteiger partial charge in [-0.25, -0.2) is 9.18 Å². The van der Waals surface area contributed by atoms with Gasteiger partial charge in [-0.05, 0) is 43.6 Å². The van der Waals surface area contributed by atoms with Crippen LogP contribution >= 0.6 is 0 Å². The highest BCUT2D eigenvalue weighted by Crippen LogP contribution is 2.16. The van der Waals surface area contributed by atoms with E-state index in [1.165, 1.54) is 38.6 Å². The predicted molar refractivity (Wildman–Crippen MR) is 79.7 cm³/mol. The molecule has 1 heterocycles. The van der Waals surface area contributed by atoms with Gasteiger partial charge in [-0.2, -0.15) is 0 Å². The van der Waals surface area contributed by atoms with Crippen molar-refractivity contribution in [1.29, 1.82) is 0 Å². The SMILES string of the molecule is CCN1CCCC1CNCc1ccc(C(=O)OC)c(F)c1. The van der Waals surface area contributed by atoms with Crippen LogP contribution in [-0.4, -0.2) is 43.7 Å². The lowest BCUT2D eigenvalue weighted by Crippen LogP contribution is -2.37. The molecule has 4 nitrogen and oxygen atoms in total. The lowest BCUT2D eigenvalue weighted by Gasteiger charge is -2.23. The summed E-state index contributed by atoms with van der Waals surface area (Å²) in [4.78, 5) is 13.8. The maximum atomic E-state index is 13.8. The zero-order chi connectivity index (χ0) is 15.2. The van der Waals surface area contributed by atoms with E-state index >= 15 is 0 Å². The first kappa shape index (κ1) is 15.9. The van der Waals surface area contributed by atoms with Crippen LogP contribution in [0, 0.1) is 5.82 Å². The van der Waals surface area contributed by atoms with E-state index in [0.29, 0.717) is 12.6 Å². The molecule has 1 fully saturated rings. The molecule has 0 saturated carbocycles. The molecule has 2 rings (SSSR count). The minimum atomic E-state index is -0.642. The Kier molecular flexibility index (Phi) is 5.70. The van der Waals surface area contributed by atoms with Gasteiger partial charge in [0.1, 0.15) is 5.82 Å². The molecule has 1 aromatic rings. The van der Waals surface area contributed by atoms with Crippen molar-refractivity contribution in [2.45, 2.75) is 32.4 Å². The normalized spacial score (nSPS) is 18.9. The minimum absolute atomic E-state index is 0.0193. The molecule has 1 saturated heterocycles. The van der Waals surface area contributed by atoms with E-state index in [1.807, 2.05) is 0 Å². The van der Waals surface area contributed by atoms with Crippen molar-refractivity contribution in [1.82, 2.24) is 10.2 Å². The molecule has 1 aliphatic heterocycles. The number of methoxy groups -OCH3 is 1. The standard InChI is InChI=1S/C16H23FN2O2/c1-3-19-8-4-5-13(19)11-18-10-12-6-7-14(15(17)9-12)16(20)21-2/h6-7,9,13,18H,3-5,8,10-11H2,1-2H3. The zero-order valence-electron chi connectivity index (χ0n) is 12.7. The second-order valence-corrected chi connectivity index (χ2v) is 5.36. The molecule has 5 heteroatoms. The molecule has 0 amide bonds. The van der Waals surface area contributed by atoms with Crippen LogP contribution in [0.1, 0.15) is 35.7 Å². The number of carbonyl (C=O) groups excluding carboxylic acids is 1. The van der Waals surface area contributed by atoms with Crippen molar-refractivity contribution >= 4 is 5.97 Å². The van der Waals surface area contributed by atoms with Crippen LogP contribution in [0.5, 0.6) is 0 Å². The summed E-state index contributed by atoms with van der Waals surface area (Å²) in [7, 11) is 1.25. The van der Waals surface area contributed by atoms with Gasteiger partial charge in [-0.1, -0.05) is 13.0 Å². The van der Waals surface area contributed by atoms with Crippen molar-refractivity contribution < 1.29 is 13.9 Å². The molecule has 0 aromatic heterocycles. The van der Waals surface area contributed by atoms with E-state index in [4.69, 9.17) is 0 Å². The smallest absolute Gasteiger partial charge is 0.340 e. The number of benzene rings is 1. The number of rotatable bonds is 6. The summed E-state index contributed by atoms with van der Waals surface area (Å²) in [5.74, 6) is -1.17. The number of carbonyl (C=O) groups is 1. The molecule has 0 bridgehead atoms. The summed E-state index contributed by atoms with van der Waals surface area (Å²) in [6, 6.07) is 5.21. The van der Waals surface area contributed by atoms with E-state index in [-0.39, 0.29) is 5.56 Å². The molecule has 1 aliphatic rings. The molecule has 0 aliphatic carbocycles. The third kappa shape index (κ3) is 4.02. The first-order chi connectivity index (χ1) is 10.2. The number of hydrogen-bond donors (Lipinski definition) is 1. The maximum absolute atomic E-state index is 13.8. The zero-order valence-corrected chi connectivity index (χ0v) is 12.7. The van der Waals surface area contributed by atoms with Gasteiger partial charge < -0.3 is 10.1 Å². The van der Waals surface area contributed by atoms with Gasteiger partial charge in [0.05, 0.1) is 12.7 Å². The molecule has 1 aromatic carbocycles. The van der Waals surface area contributed by atoms with Crippen LogP contribution in [0.4, 0.5) is 4.39 Å². The van der Waals surface area contributed by atoms with Gasteiger partial charge >= 0.3 is 5.97 Å². The average Bonchev–Trinajstić information content (AvgIpc) is 2.94. The summed E-state index contributed by atoms with van der Waals surface area (Å²) >= 11 is 0. The van der Waals surface area contributed by atoms with Gasteiger partial charge in [0, 0.05) is 19.1 Å². The lowest BCUT2D eigenvalue weighted by atomic mass is 10.1. The summed E-state index contributed by atoms with van der Waals surface area (Å²) in [6.45, 7) is 5.94. The lowest BCUT2D eigenvalue weighted by molar-refractivity contribution is 0.0595. The molecule has 0 radical (unpaired) electrons. The van der Waals surface area contributed by atoms with Crippen LogP contribution < -0.4 is 5.32 Å². The van der Waals surface area contributed by atoms with Crippen LogP contribution in [-0.2, 0) is 11.3 Å². The maximum Gasteiger partial charge on any atom is 0.340 e. The number of esters is 1. The number of hydrogen-bond acceptors (Lipinski definition) is 4. The first-order valence-corrected chi connectivity index (χ1v) is 7.47. The second-order valence-electron chi connectivity index (χ2n) is 5.36. The fourth-order valence-electron chi connectivity index (χ4n) is 2.87. The summed E-state index contributed by atoms with van der Waals surface area (Å²) in [6.07, 6.45) is 2.47. The summed E-state index contributed by atoms with van der Waals surface area (Å²) in [5.41, 5.74) is 0.815. The van der Waals surface area contributed by atoms with Gasteiger partial charge in [-0.15, -0.1) is 0 Å². The van der Waals surface area contributed by atoms with E-state index in [2.05, 4.69) is 21.9 Å². The Bertz CT molecular complexity index is 493. The Morgan fingerprint density at radius 1 is 1.52 bits per heavy atom. The number of halogens is 1. The van der Waals surface area contributed by atoms with E-state index in [9.17, 15) is 9.18 Å². The Morgan fingerprint density at radius 3 is 3.00 bits per heavy atom. The van der Waals surface area contributed by atoms with E-state index in [1.54, 1.807) is 6.07 Å². The summed E-state index contributed by atoms with van der Waals surface area (Å²) in [5, 5.41) is 3.37. The molecular weight excluding hydrogens is 271 g/mol.